The van der Waals surface area contributed by atoms with E-state index in [-0.39, 0.29) is 5.75 Å². The molecule has 0 aromatic heterocycles. The van der Waals surface area contributed by atoms with Gasteiger partial charge in [-0.1, -0.05) is 0 Å². The van der Waals surface area contributed by atoms with Crippen LogP contribution in [0.3, 0.4) is 0 Å². The van der Waals surface area contributed by atoms with Crippen LogP contribution in [-0.2, 0) is 6.42 Å². The lowest BCUT2D eigenvalue weighted by Crippen LogP contribution is -2.26. The summed E-state index contributed by atoms with van der Waals surface area (Å²) in [7, 11) is 3.53. The number of hydrogen-bond acceptors (Lipinski definition) is 3. The van der Waals surface area contributed by atoms with Crippen LogP contribution >= 0.6 is 0 Å². The Bertz CT molecular complexity index is 349. The van der Waals surface area contributed by atoms with Crippen LogP contribution in [0.1, 0.15) is 17.0 Å². The Morgan fingerprint density at radius 2 is 2.36 bits per heavy atom. The molecule has 2 rings (SSSR count). The molecule has 1 unspecified atom stereocenters. The summed E-state index contributed by atoms with van der Waals surface area (Å²) in [5.74, 6) is 1.39. The molecule has 0 bridgehead atoms. The van der Waals surface area contributed by atoms with Crippen molar-refractivity contribution in [1.29, 1.82) is 0 Å². The van der Waals surface area contributed by atoms with Crippen molar-refractivity contribution in [2.75, 3.05) is 20.7 Å². The highest BCUT2D eigenvalue weighted by atomic mass is 16.5. The van der Waals surface area contributed by atoms with Gasteiger partial charge in [-0.2, -0.15) is 0 Å². The van der Waals surface area contributed by atoms with Gasteiger partial charge in [0.1, 0.15) is 0 Å². The van der Waals surface area contributed by atoms with Crippen LogP contribution in [0, 0.1) is 0 Å². The molecule has 0 spiro atoms. The van der Waals surface area contributed by atoms with Crippen molar-refractivity contribution < 1.29 is 9.84 Å². The second-order valence-corrected chi connectivity index (χ2v) is 3.68. The van der Waals surface area contributed by atoms with Crippen LogP contribution in [0.15, 0.2) is 12.1 Å². The molecule has 3 heteroatoms. The Hall–Kier alpha value is -1.22. The predicted molar refractivity (Wildman–Crippen MR) is 55.0 cm³/mol. The number of fused-ring (bicyclic) bond motifs is 1. The van der Waals surface area contributed by atoms with E-state index < -0.39 is 0 Å². The number of rotatable bonds is 3. The fraction of sp³-hybridized carbons (Fsp3) is 0.455. The first-order chi connectivity index (χ1) is 6.76. The number of aromatic hydroxyl groups is 1. The van der Waals surface area contributed by atoms with E-state index in [1.165, 1.54) is 11.1 Å². The van der Waals surface area contributed by atoms with Crippen molar-refractivity contribution >= 4 is 0 Å². The Labute approximate surface area is 83.7 Å². The highest BCUT2D eigenvalue weighted by Gasteiger charge is 2.27. The molecule has 1 aliphatic carbocycles. The largest absolute Gasteiger partial charge is 0.504 e. The van der Waals surface area contributed by atoms with Crippen molar-refractivity contribution in [2.45, 2.75) is 12.3 Å². The third-order valence-electron chi connectivity index (χ3n) is 2.80. The molecule has 0 fully saturated rings. The van der Waals surface area contributed by atoms with Crippen LogP contribution in [0.25, 0.3) is 0 Å². The van der Waals surface area contributed by atoms with Gasteiger partial charge in [-0.25, -0.2) is 0 Å². The van der Waals surface area contributed by atoms with E-state index in [4.69, 9.17) is 4.74 Å². The zero-order valence-corrected chi connectivity index (χ0v) is 8.50. The molecule has 1 aliphatic rings. The van der Waals surface area contributed by atoms with Gasteiger partial charge in [0.05, 0.1) is 7.11 Å². The molecule has 0 saturated heterocycles. The first kappa shape index (κ1) is 9.34. The van der Waals surface area contributed by atoms with Crippen molar-refractivity contribution in [3.05, 3.63) is 23.3 Å². The molecule has 1 aromatic carbocycles. The lowest BCUT2D eigenvalue weighted by atomic mass is 9.77. The van der Waals surface area contributed by atoms with Crippen LogP contribution in [0.4, 0.5) is 0 Å². The molecule has 76 valence electrons. The molecule has 0 aliphatic heterocycles. The smallest absolute Gasteiger partial charge is 0.160 e. The zero-order chi connectivity index (χ0) is 10.1. The van der Waals surface area contributed by atoms with Gasteiger partial charge in [-0.3, -0.25) is 0 Å². The van der Waals surface area contributed by atoms with Gasteiger partial charge in [0.15, 0.2) is 11.5 Å². The number of nitrogens with one attached hydrogen (secondary N) is 1. The van der Waals surface area contributed by atoms with Crippen LogP contribution in [-0.4, -0.2) is 25.8 Å². The van der Waals surface area contributed by atoms with E-state index >= 15 is 0 Å². The fourth-order valence-corrected chi connectivity index (χ4v) is 2.02. The minimum absolute atomic E-state index is 0.245. The highest BCUT2D eigenvalue weighted by molar-refractivity contribution is 5.52. The fourth-order valence-electron chi connectivity index (χ4n) is 2.02. The molecular weight excluding hydrogens is 178 g/mol. The summed E-state index contributed by atoms with van der Waals surface area (Å²) in [4.78, 5) is 0. The number of benzene rings is 1. The van der Waals surface area contributed by atoms with Crippen molar-refractivity contribution in [3.63, 3.8) is 0 Å². The summed E-state index contributed by atoms with van der Waals surface area (Å²) >= 11 is 0. The highest BCUT2D eigenvalue weighted by Crippen LogP contribution is 2.41. The molecule has 1 aromatic rings. The Kier molecular flexibility index (Phi) is 2.33. The maximum absolute atomic E-state index is 9.53. The SMILES string of the molecule is CNCC1Cc2cc(O)c(OC)cc21. The first-order valence-corrected chi connectivity index (χ1v) is 4.80. The Morgan fingerprint density at radius 1 is 1.57 bits per heavy atom. The molecule has 0 radical (unpaired) electrons. The van der Waals surface area contributed by atoms with Gasteiger partial charge in [0, 0.05) is 12.5 Å². The Balaban J connectivity index is 2.27. The van der Waals surface area contributed by atoms with Crippen molar-refractivity contribution in [3.8, 4) is 11.5 Å². The van der Waals surface area contributed by atoms with E-state index in [2.05, 4.69) is 5.32 Å². The summed E-state index contributed by atoms with van der Waals surface area (Å²) < 4.78 is 5.07. The summed E-state index contributed by atoms with van der Waals surface area (Å²) in [6, 6.07) is 3.75. The molecule has 2 N–H and O–H groups in total. The zero-order valence-electron chi connectivity index (χ0n) is 8.50. The number of methoxy groups -OCH3 is 1. The van der Waals surface area contributed by atoms with E-state index in [1.807, 2.05) is 13.1 Å². The minimum Gasteiger partial charge on any atom is -0.504 e. The average molecular weight is 193 g/mol. The van der Waals surface area contributed by atoms with Gasteiger partial charge >= 0.3 is 0 Å². The van der Waals surface area contributed by atoms with E-state index in [1.54, 1.807) is 13.2 Å². The maximum Gasteiger partial charge on any atom is 0.160 e. The second kappa shape index (κ2) is 3.50. The molecule has 1 atom stereocenters. The van der Waals surface area contributed by atoms with Crippen LogP contribution in [0.2, 0.25) is 0 Å². The molecule has 0 amide bonds. The normalized spacial score (nSPS) is 18.6. The lowest BCUT2D eigenvalue weighted by Gasteiger charge is -2.30. The Morgan fingerprint density at radius 3 is 3.00 bits per heavy atom. The minimum atomic E-state index is 0.245. The summed E-state index contributed by atoms with van der Waals surface area (Å²) in [5, 5.41) is 12.7. The van der Waals surface area contributed by atoms with Gasteiger partial charge in [0.25, 0.3) is 0 Å². The number of hydrogen-bond donors (Lipinski definition) is 2. The van der Waals surface area contributed by atoms with Gasteiger partial charge in [0.2, 0.25) is 0 Å². The van der Waals surface area contributed by atoms with Crippen molar-refractivity contribution in [2.24, 2.45) is 0 Å². The van der Waals surface area contributed by atoms with Crippen LogP contribution in [0.5, 0.6) is 11.5 Å². The van der Waals surface area contributed by atoms with Gasteiger partial charge in [-0.15, -0.1) is 0 Å². The summed E-state index contributed by atoms with van der Waals surface area (Å²) in [6.45, 7) is 0.987. The third kappa shape index (κ3) is 1.34. The number of ether oxygens (including phenoxy) is 1. The van der Waals surface area contributed by atoms with Gasteiger partial charge in [-0.05, 0) is 36.7 Å². The number of phenolic OH excluding ortho intramolecular Hbond substituents is 1. The summed E-state index contributed by atoms with van der Waals surface area (Å²) in [6.07, 6.45) is 1.05. The van der Waals surface area contributed by atoms with E-state index in [0.717, 1.165) is 13.0 Å². The molecule has 3 nitrogen and oxygen atoms in total. The topological polar surface area (TPSA) is 41.5 Å². The molecular formula is C11H15NO2. The predicted octanol–water partition coefficient (Wildman–Crippen LogP) is 1.26. The second-order valence-electron chi connectivity index (χ2n) is 3.68. The molecule has 0 heterocycles. The van der Waals surface area contributed by atoms with E-state index in [9.17, 15) is 5.11 Å². The van der Waals surface area contributed by atoms with Crippen LogP contribution < -0.4 is 10.1 Å². The van der Waals surface area contributed by atoms with Gasteiger partial charge < -0.3 is 15.2 Å². The van der Waals surface area contributed by atoms with E-state index in [0.29, 0.717) is 11.7 Å². The quantitative estimate of drug-likeness (QED) is 0.759. The third-order valence-corrected chi connectivity index (χ3v) is 2.80. The standard InChI is InChI=1S/C11H15NO2/c1-12-6-8-3-7-4-10(13)11(14-2)5-9(7)8/h4-5,8,12-13H,3,6H2,1-2H3. The average Bonchev–Trinajstić information content (AvgIpc) is 2.16. The lowest BCUT2D eigenvalue weighted by molar-refractivity contribution is 0.370. The molecule has 14 heavy (non-hydrogen) atoms. The number of phenols is 1. The summed E-state index contributed by atoms with van der Waals surface area (Å²) in [5.41, 5.74) is 2.54. The monoisotopic (exact) mass is 193 g/mol. The number of likely N-dealkylation sites (N-methyl/N-ethyl adjacent to an activating group) is 1. The molecule has 0 saturated carbocycles. The van der Waals surface area contributed by atoms with Crippen molar-refractivity contribution in [1.82, 2.24) is 5.32 Å². The first-order valence-electron chi connectivity index (χ1n) is 4.80. The maximum atomic E-state index is 9.53.